The molecule has 4 nitrogen and oxygen atoms in total. The second kappa shape index (κ2) is 5.30. The summed E-state index contributed by atoms with van der Waals surface area (Å²) in [5.74, 6) is -0.281. The van der Waals surface area contributed by atoms with Crippen LogP contribution in [0.5, 0.6) is 0 Å². The van der Waals surface area contributed by atoms with E-state index in [1.54, 1.807) is 12.1 Å². The van der Waals surface area contributed by atoms with Gasteiger partial charge in [-0.3, -0.25) is 9.59 Å². The highest BCUT2D eigenvalue weighted by Crippen LogP contribution is 2.12. The Kier molecular flexibility index (Phi) is 4.05. The van der Waals surface area contributed by atoms with Crippen molar-refractivity contribution in [1.82, 2.24) is 5.32 Å². The van der Waals surface area contributed by atoms with Gasteiger partial charge in [-0.15, -0.1) is 0 Å². The van der Waals surface area contributed by atoms with Gasteiger partial charge in [-0.1, -0.05) is 6.07 Å². The normalized spacial score (nSPS) is 9.69. The Bertz CT molecular complexity index is 400. The molecular weight excluding hydrogens is 204 g/mol. The van der Waals surface area contributed by atoms with Crippen molar-refractivity contribution in [2.24, 2.45) is 0 Å². The third-order valence-electron chi connectivity index (χ3n) is 2.12. The molecule has 0 saturated heterocycles. The van der Waals surface area contributed by atoms with Crippen LogP contribution in [-0.4, -0.2) is 32.3 Å². The zero-order valence-corrected chi connectivity index (χ0v) is 9.78. The van der Waals surface area contributed by atoms with Crippen LogP contribution < -0.4 is 10.2 Å². The molecule has 0 unspecified atom stereocenters. The second-order valence-electron chi connectivity index (χ2n) is 3.83. The molecule has 0 aliphatic rings. The second-order valence-corrected chi connectivity index (χ2v) is 3.83. The molecule has 1 aromatic carbocycles. The number of carbonyl (C=O) groups excluding carboxylic acids is 2. The number of Topliss-reactive ketones (excluding diaryl/α,β-unsaturated/α-hetero) is 1. The van der Waals surface area contributed by atoms with Gasteiger partial charge >= 0.3 is 0 Å². The Hall–Kier alpha value is -1.84. The van der Waals surface area contributed by atoms with Gasteiger partial charge in [0.05, 0.1) is 6.54 Å². The number of anilines is 1. The van der Waals surface area contributed by atoms with E-state index in [9.17, 15) is 9.59 Å². The fourth-order valence-corrected chi connectivity index (χ4v) is 1.23. The average molecular weight is 220 g/mol. The third-order valence-corrected chi connectivity index (χ3v) is 2.12. The maximum Gasteiger partial charge on any atom is 0.251 e. The standard InChI is InChI=1S/C12H16N2O2/c1-9(15)8-13-12(16)10-5-4-6-11(7-10)14(2)3/h4-7H,8H2,1-3H3,(H,13,16). The van der Waals surface area contributed by atoms with Crippen molar-refractivity contribution in [3.63, 3.8) is 0 Å². The third kappa shape index (κ3) is 3.38. The zero-order valence-electron chi connectivity index (χ0n) is 9.78. The van der Waals surface area contributed by atoms with Gasteiger partial charge in [0.25, 0.3) is 5.91 Å². The van der Waals surface area contributed by atoms with Gasteiger partial charge in [0.2, 0.25) is 0 Å². The van der Waals surface area contributed by atoms with Crippen molar-refractivity contribution in [2.45, 2.75) is 6.92 Å². The van der Waals surface area contributed by atoms with Gasteiger partial charge in [0.1, 0.15) is 5.78 Å². The lowest BCUT2D eigenvalue weighted by Crippen LogP contribution is -2.28. The van der Waals surface area contributed by atoms with Crippen LogP contribution in [-0.2, 0) is 4.79 Å². The van der Waals surface area contributed by atoms with Crippen LogP contribution >= 0.6 is 0 Å². The number of amides is 1. The zero-order chi connectivity index (χ0) is 12.1. The quantitative estimate of drug-likeness (QED) is 0.825. The topological polar surface area (TPSA) is 49.4 Å². The van der Waals surface area contributed by atoms with E-state index in [2.05, 4.69) is 5.32 Å². The number of hydrogen-bond donors (Lipinski definition) is 1. The first kappa shape index (κ1) is 12.2. The van der Waals surface area contributed by atoms with E-state index >= 15 is 0 Å². The van der Waals surface area contributed by atoms with Crippen molar-refractivity contribution in [1.29, 1.82) is 0 Å². The Morgan fingerprint density at radius 1 is 1.31 bits per heavy atom. The highest BCUT2D eigenvalue weighted by Gasteiger charge is 2.06. The molecule has 0 fully saturated rings. The predicted octanol–water partition coefficient (Wildman–Crippen LogP) is 1.07. The molecule has 0 spiro atoms. The highest BCUT2D eigenvalue weighted by molar-refractivity contribution is 5.97. The summed E-state index contributed by atoms with van der Waals surface area (Å²) >= 11 is 0. The van der Waals surface area contributed by atoms with Crippen molar-refractivity contribution in [2.75, 3.05) is 25.5 Å². The van der Waals surface area contributed by atoms with E-state index in [0.717, 1.165) is 5.69 Å². The monoisotopic (exact) mass is 220 g/mol. The number of carbonyl (C=O) groups is 2. The molecule has 0 heterocycles. The summed E-state index contributed by atoms with van der Waals surface area (Å²) in [5.41, 5.74) is 1.52. The number of benzene rings is 1. The molecule has 0 saturated carbocycles. The summed E-state index contributed by atoms with van der Waals surface area (Å²) in [7, 11) is 3.82. The lowest BCUT2D eigenvalue weighted by molar-refractivity contribution is -0.116. The Morgan fingerprint density at radius 3 is 2.56 bits per heavy atom. The van der Waals surface area contributed by atoms with E-state index in [0.29, 0.717) is 5.56 Å². The van der Waals surface area contributed by atoms with Crippen molar-refractivity contribution in [3.05, 3.63) is 29.8 Å². The highest BCUT2D eigenvalue weighted by atomic mass is 16.2. The van der Waals surface area contributed by atoms with E-state index in [-0.39, 0.29) is 18.2 Å². The number of hydrogen-bond acceptors (Lipinski definition) is 3. The first-order valence-corrected chi connectivity index (χ1v) is 5.05. The molecule has 0 bridgehead atoms. The predicted molar refractivity (Wildman–Crippen MR) is 63.8 cm³/mol. The van der Waals surface area contributed by atoms with Crippen LogP contribution in [0, 0.1) is 0 Å². The van der Waals surface area contributed by atoms with Crippen molar-refractivity contribution >= 4 is 17.4 Å². The molecule has 86 valence electrons. The van der Waals surface area contributed by atoms with Gasteiger partial charge in [-0.2, -0.15) is 0 Å². The minimum atomic E-state index is -0.223. The summed E-state index contributed by atoms with van der Waals surface area (Å²) in [5, 5.41) is 2.56. The number of nitrogens with zero attached hydrogens (tertiary/aromatic N) is 1. The Labute approximate surface area is 95.3 Å². The van der Waals surface area contributed by atoms with Crippen LogP contribution in [0.15, 0.2) is 24.3 Å². The first-order chi connectivity index (χ1) is 7.50. The number of nitrogens with one attached hydrogen (secondary N) is 1. The summed E-state index contributed by atoms with van der Waals surface area (Å²) in [6.45, 7) is 1.52. The Balaban J connectivity index is 2.75. The van der Waals surface area contributed by atoms with Crippen LogP contribution in [0.2, 0.25) is 0 Å². The molecule has 16 heavy (non-hydrogen) atoms. The van der Waals surface area contributed by atoms with Gasteiger partial charge in [0, 0.05) is 25.3 Å². The van der Waals surface area contributed by atoms with E-state index < -0.39 is 0 Å². The van der Waals surface area contributed by atoms with Gasteiger partial charge in [-0.25, -0.2) is 0 Å². The van der Waals surface area contributed by atoms with Gasteiger partial charge < -0.3 is 10.2 Å². The van der Waals surface area contributed by atoms with E-state index in [4.69, 9.17) is 0 Å². The molecule has 0 radical (unpaired) electrons. The fraction of sp³-hybridized carbons (Fsp3) is 0.333. The van der Waals surface area contributed by atoms with Gasteiger partial charge in [0.15, 0.2) is 0 Å². The van der Waals surface area contributed by atoms with Crippen molar-refractivity contribution < 1.29 is 9.59 Å². The van der Waals surface area contributed by atoms with Crippen LogP contribution in [0.3, 0.4) is 0 Å². The van der Waals surface area contributed by atoms with Crippen LogP contribution in [0.25, 0.3) is 0 Å². The summed E-state index contributed by atoms with van der Waals surface area (Å²) in [4.78, 5) is 24.3. The molecule has 1 rings (SSSR count). The van der Waals surface area contributed by atoms with Gasteiger partial charge in [-0.05, 0) is 25.1 Å². The summed E-state index contributed by atoms with van der Waals surface area (Å²) in [6, 6.07) is 7.25. The number of ketones is 1. The Morgan fingerprint density at radius 2 is 2.00 bits per heavy atom. The summed E-state index contributed by atoms with van der Waals surface area (Å²) in [6.07, 6.45) is 0. The maximum atomic E-state index is 11.6. The van der Waals surface area contributed by atoms with Crippen molar-refractivity contribution in [3.8, 4) is 0 Å². The van der Waals surface area contributed by atoms with Crippen LogP contribution in [0.1, 0.15) is 17.3 Å². The summed E-state index contributed by atoms with van der Waals surface area (Å²) < 4.78 is 0. The molecule has 1 N–H and O–H groups in total. The minimum absolute atomic E-state index is 0.0582. The van der Waals surface area contributed by atoms with Crippen LogP contribution in [0.4, 0.5) is 5.69 Å². The SMILES string of the molecule is CC(=O)CNC(=O)c1cccc(N(C)C)c1. The largest absolute Gasteiger partial charge is 0.378 e. The smallest absolute Gasteiger partial charge is 0.251 e. The molecular formula is C12H16N2O2. The lowest BCUT2D eigenvalue weighted by Gasteiger charge is -2.13. The minimum Gasteiger partial charge on any atom is -0.378 e. The van der Waals surface area contributed by atoms with E-state index in [1.807, 2.05) is 31.1 Å². The number of rotatable bonds is 4. The molecule has 0 aliphatic carbocycles. The van der Waals surface area contributed by atoms with E-state index in [1.165, 1.54) is 6.92 Å². The maximum absolute atomic E-state index is 11.6. The molecule has 4 heteroatoms. The first-order valence-electron chi connectivity index (χ1n) is 5.05. The molecule has 0 aromatic heterocycles. The lowest BCUT2D eigenvalue weighted by atomic mass is 10.2. The molecule has 1 aromatic rings. The molecule has 1 amide bonds. The average Bonchev–Trinajstić information content (AvgIpc) is 2.26. The fourth-order valence-electron chi connectivity index (χ4n) is 1.23. The molecule has 0 atom stereocenters. The molecule has 0 aliphatic heterocycles.